The van der Waals surface area contributed by atoms with Gasteiger partial charge in [0.15, 0.2) is 5.78 Å². The second-order valence-electron chi connectivity index (χ2n) is 5.99. The lowest BCUT2D eigenvalue weighted by atomic mass is 10.0. The molecular formula is C22H15FN2O2S. The number of hydrogen-bond acceptors (Lipinski definition) is 5. The van der Waals surface area contributed by atoms with E-state index in [0.717, 1.165) is 17.3 Å². The summed E-state index contributed by atoms with van der Waals surface area (Å²) in [5.74, 6) is -0.426. The molecule has 0 saturated carbocycles. The second-order valence-corrected chi connectivity index (χ2v) is 7.05. The smallest absolute Gasteiger partial charge is 0.277 e. The van der Waals surface area contributed by atoms with E-state index in [4.69, 9.17) is 4.42 Å². The second kappa shape index (κ2) is 8.19. The van der Waals surface area contributed by atoms with Crippen LogP contribution in [0.15, 0.2) is 94.6 Å². The average Bonchev–Trinajstić information content (AvgIpc) is 3.21. The van der Waals surface area contributed by atoms with Crippen LogP contribution in [-0.2, 0) is 0 Å². The van der Waals surface area contributed by atoms with Crippen molar-refractivity contribution in [3.05, 3.63) is 102 Å². The number of nitrogens with zero attached hydrogens (tertiary/aromatic N) is 2. The molecule has 4 nitrogen and oxygen atoms in total. The molecule has 1 heterocycles. The molecule has 0 saturated heterocycles. The molecule has 0 fully saturated rings. The summed E-state index contributed by atoms with van der Waals surface area (Å²) in [6, 6.07) is 24.6. The molecule has 0 amide bonds. The average molecular weight is 390 g/mol. The summed E-state index contributed by atoms with van der Waals surface area (Å²) in [5.41, 5.74) is 1.65. The highest BCUT2D eigenvalue weighted by molar-refractivity contribution is 8.00. The Morgan fingerprint density at radius 2 is 1.50 bits per heavy atom. The molecule has 0 N–H and O–H groups in total. The monoisotopic (exact) mass is 390 g/mol. The summed E-state index contributed by atoms with van der Waals surface area (Å²) in [7, 11) is 0. The fraction of sp³-hybridized carbons (Fsp3) is 0.0455. The standard InChI is InChI=1S/C22H15FN2O2S/c23-18-14-8-7-13-17(18)21-24-25-22(27-21)28-20(16-11-5-2-6-12-16)19(26)15-9-3-1-4-10-15/h1-14,20H/t20-/m1/s1. The minimum Gasteiger partial charge on any atom is -0.411 e. The van der Waals surface area contributed by atoms with Crippen molar-refractivity contribution < 1.29 is 13.6 Å². The highest BCUT2D eigenvalue weighted by Gasteiger charge is 2.26. The van der Waals surface area contributed by atoms with Gasteiger partial charge in [0.2, 0.25) is 0 Å². The van der Waals surface area contributed by atoms with Crippen molar-refractivity contribution in [2.45, 2.75) is 10.5 Å². The largest absolute Gasteiger partial charge is 0.411 e. The number of rotatable bonds is 6. The van der Waals surface area contributed by atoms with Crippen molar-refractivity contribution in [3.63, 3.8) is 0 Å². The number of carbonyl (C=O) groups excluding carboxylic acids is 1. The van der Waals surface area contributed by atoms with Crippen LogP contribution in [0.4, 0.5) is 4.39 Å². The first-order valence-corrected chi connectivity index (χ1v) is 9.49. The molecule has 1 aromatic heterocycles. The van der Waals surface area contributed by atoms with Gasteiger partial charge in [-0.25, -0.2) is 4.39 Å². The van der Waals surface area contributed by atoms with Crippen molar-refractivity contribution in [2.75, 3.05) is 0 Å². The van der Waals surface area contributed by atoms with Crippen LogP contribution < -0.4 is 0 Å². The van der Waals surface area contributed by atoms with Crippen LogP contribution in [0.2, 0.25) is 0 Å². The van der Waals surface area contributed by atoms with E-state index in [1.165, 1.54) is 6.07 Å². The number of thioether (sulfide) groups is 1. The first-order valence-electron chi connectivity index (χ1n) is 8.61. The lowest BCUT2D eigenvalue weighted by Gasteiger charge is -2.14. The third-order valence-corrected chi connectivity index (χ3v) is 5.22. The van der Waals surface area contributed by atoms with Gasteiger partial charge in [0.05, 0.1) is 5.56 Å². The van der Waals surface area contributed by atoms with Gasteiger partial charge in [-0.05, 0) is 29.5 Å². The van der Waals surface area contributed by atoms with Gasteiger partial charge < -0.3 is 4.42 Å². The quantitative estimate of drug-likeness (QED) is 0.317. The lowest BCUT2D eigenvalue weighted by molar-refractivity contribution is 0.0989. The van der Waals surface area contributed by atoms with E-state index < -0.39 is 11.1 Å². The molecule has 3 aromatic carbocycles. The number of benzene rings is 3. The molecule has 138 valence electrons. The highest BCUT2D eigenvalue weighted by atomic mass is 32.2. The van der Waals surface area contributed by atoms with Crippen molar-refractivity contribution in [3.8, 4) is 11.5 Å². The third kappa shape index (κ3) is 3.87. The Morgan fingerprint density at radius 3 is 2.21 bits per heavy atom. The maximum absolute atomic E-state index is 14.0. The number of Topliss-reactive ketones (excluding diaryl/α,β-unsaturated/α-hetero) is 1. The molecule has 0 aliphatic heterocycles. The summed E-state index contributed by atoms with van der Waals surface area (Å²) >= 11 is 1.15. The molecule has 0 aliphatic carbocycles. The van der Waals surface area contributed by atoms with Crippen LogP contribution in [0.1, 0.15) is 21.2 Å². The number of hydrogen-bond donors (Lipinski definition) is 0. The van der Waals surface area contributed by atoms with E-state index >= 15 is 0 Å². The van der Waals surface area contributed by atoms with Crippen molar-refractivity contribution in [2.24, 2.45) is 0 Å². The van der Waals surface area contributed by atoms with E-state index in [1.807, 2.05) is 48.5 Å². The molecule has 0 spiro atoms. The highest BCUT2D eigenvalue weighted by Crippen LogP contribution is 2.38. The van der Waals surface area contributed by atoms with Gasteiger partial charge in [-0.1, -0.05) is 72.8 Å². The molecule has 4 aromatic rings. The lowest BCUT2D eigenvalue weighted by Crippen LogP contribution is -2.10. The van der Waals surface area contributed by atoms with Crippen LogP contribution >= 0.6 is 11.8 Å². The fourth-order valence-electron chi connectivity index (χ4n) is 2.76. The third-order valence-electron chi connectivity index (χ3n) is 4.13. The fourth-order valence-corrected chi connectivity index (χ4v) is 3.71. The van der Waals surface area contributed by atoms with E-state index in [2.05, 4.69) is 10.2 Å². The molecule has 4 rings (SSSR count). The Balaban J connectivity index is 1.65. The minimum absolute atomic E-state index is 0.0672. The molecule has 0 aliphatic rings. The van der Waals surface area contributed by atoms with Crippen LogP contribution in [0, 0.1) is 5.82 Å². The van der Waals surface area contributed by atoms with Gasteiger partial charge in [-0.2, -0.15) is 0 Å². The molecule has 0 radical (unpaired) electrons. The summed E-state index contributed by atoms with van der Waals surface area (Å²) in [4.78, 5) is 13.1. The Kier molecular flexibility index (Phi) is 5.30. The van der Waals surface area contributed by atoms with Crippen molar-refractivity contribution >= 4 is 17.5 Å². The zero-order valence-electron chi connectivity index (χ0n) is 14.7. The first kappa shape index (κ1) is 18.1. The number of halogens is 1. The Bertz CT molecular complexity index is 1080. The van der Waals surface area contributed by atoms with E-state index in [1.54, 1.807) is 30.3 Å². The van der Waals surface area contributed by atoms with Crippen LogP contribution in [0.5, 0.6) is 0 Å². The SMILES string of the molecule is O=C(c1ccccc1)[C@H](Sc1nnc(-c2ccccc2F)o1)c1ccccc1. The van der Waals surface area contributed by atoms with E-state index in [0.29, 0.717) is 5.56 Å². The zero-order chi connectivity index (χ0) is 19.3. The van der Waals surface area contributed by atoms with Gasteiger partial charge in [-0.3, -0.25) is 4.79 Å². The molecule has 28 heavy (non-hydrogen) atoms. The molecule has 0 bridgehead atoms. The topological polar surface area (TPSA) is 56.0 Å². The van der Waals surface area contributed by atoms with Crippen LogP contribution in [0.25, 0.3) is 11.5 Å². The zero-order valence-corrected chi connectivity index (χ0v) is 15.5. The summed E-state index contributed by atoms with van der Waals surface area (Å²) in [5, 5.41) is 7.59. The summed E-state index contributed by atoms with van der Waals surface area (Å²) in [6.45, 7) is 0. The van der Waals surface area contributed by atoms with Gasteiger partial charge >= 0.3 is 0 Å². The molecule has 1 atom stereocenters. The van der Waals surface area contributed by atoms with Gasteiger partial charge in [0.25, 0.3) is 11.1 Å². The Hall–Kier alpha value is -3.25. The van der Waals surface area contributed by atoms with Gasteiger partial charge in [0.1, 0.15) is 11.1 Å². The van der Waals surface area contributed by atoms with E-state index in [-0.39, 0.29) is 22.5 Å². The predicted molar refractivity (Wildman–Crippen MR) is 106 cm³/mol. The van der Waals surface area contributed by atoms with Gasteiger partial charge in [0, 0.05) is 5.56 Å². The number of aromatic nitrogens is 2. The predicted octanol–water partition coefficient (Wildman–Crippen LogP) is 5.59. The first-order chi connectivity index (χ1) is 13.7. The van der Waals surface area contributed by atoms with Gasteiger partial charge in [-0.15, -0.1) is 10.2 Å². The summed E-state index contributed by atoms with van der Waals surface area (Å²) in [6.07, 6.45) is 0. The molecule has 6 heteroatoms. The van der Waals surface area contributed by atoms with Crippen molar-refractivity contribution in [1.29, 1.82) is 0 Å². The molecular weight excluding hydrogens is 375 g/mol. The van der Waals surface area contributed by atoms with E-state index in [9.17, 15) is 9.18 Å². The number of carbonyl (C=O) groups is 1. The van der Waals surface area contributed by atoms with Crippen LogP contribution in [-0.4, -0.2) is 16.0 Å². The minimum atomic E-state index is -0.558. The Labute approximate surface area is 165 Å². The summed E-state index contributed by atoms with van der Waals surface area (Å²) < 4.78 is 19.6. The maximum Gasteiger partial charge on any atom is 0.277 e. The van der Waals surface area contributed by atoms with Crippen LogP contribution in [0.3, 0.4) is 0 Å². The van der Waals surface area contributed by atoms with Crippen molar-refractivity contribution in [1.82, 2.24) is 10.2 Å². The normalized spacial score (nSPS) is 11.9. The maximum atomic E-state index is 14.0. The molecule has 0 unspecified atom stereocenters. The Morgan fingerprint density at radius 1 is 0.857 bits per heavy atom. The number of ketones is 1.